The minimum Gasteiger partial charge on any atom is -0.324 e. The van der Waals surface area contributed by atoms with Crippen LogP contribution in [0.1, 0.15) is 5.56 Å². The Morgan fingerprint density at radius 3 is 2.61 bits per heavy atom. The Balaban J connectivity index is 1.65. The van der Waals surface area contributed by atoms with Gasteiger partial charge in [0.05, 0.1) is 10.9 Å². The van der Waals surface area contributed by atoms with Crippen LogP contribution in [-0.2, 0) is 11.2 Å². The average Bonchev–Trinajstić information content (AvgIpc) is 2.58. The minimum absolute atomic E-state index is 0.0637. The standard InChI is InChI=1S/C19H14ClNOS/c20-14-8-5-12(6-9-14)11-17-19(22)21-18-15-4-2-1-3-13(15)7-10-16(18)23-17/h1-10,17H,11H2,(H,21,22). The first-order valence-electron chi connectivity index (χ1n) is 7.44. The number of halogens is 1. The third-order valence-electron chi connectivity index (χ3n) is 4.04. The summed E-state index contributed by atoms with van der Waals surface area (Å²) in [7, 11) is 0. The van der Waals surface area contributed by atoms with Gasteiger partial charge in [-0.1, -0.05) is 54.1 Å². The predicted molar refractivity (Wildman–Crippen MR) is 97.4 cm³/mol. The Morgan fingerprint density at radius 2 is 1.78 bits per heavy atom. The van der Waals surface area contributed by atoms with Crippen molar-refractivity contribution in [1.82, 2.24) is 0 Å². The molecule has 1 aliphatic heterocycles. The second-order valence-corrected chi connectivity index (χ2v) is 7.27. The predicted octanol–water partition coefficient (Wildman–Crippen LogP) is 5.15. The van der Waals surface area contributed by atoms with E-state index in [0.29, 0.717) is 11.4 Å². The van der Waals surface area contributed by atoms with E-state index in [1.165, 1.54) is 0 Å². The molecule has 0 spiro atoms. The first-order valence-corrected chi connectivity index (χ1v) is 8.70. The zero-order valence-corrected chi connectivity index (χ0v) is 13.8. The Bertz CT molecular complexity index is 892. The molecule has 2 nitrogen and oxygen atoms in total. The van der Waals surface area contributed by atoms with Gasteiger partial charge >= 0.3 is 0 Å². The van der Waals surface area contributed by atoms with Crippen LogP contribution in [0.5, 0.6) is 0 Å². The van der Waals surface area contributed by atoms with Crippen molar-refractivity contribution in [1.29, 1.82) is 0 Å². The Hall–Kier alpha value is -1.97. The van der Waals surface area contributed by atoms with E-state index < -0.39 is 0 Å². The molecule has 0 radical (unpaired) electrons. The van der Waals surface area contributed by atoms with Crippen LogP contribution >= 0.6 is 23.4 Å². The lowest BCUT2D eigenvalue weighted by Crippen LogP contribution is -2.30. The molecule has 3 aromatic rings. The van der Waals surface area contributed by atoms with Crippen LogP contribution < -0.4 is 5.32 Å². The molecule has 3 aromatic carbocycles. The van der Waals surface area contributed by atoms with Crippen LogP contribution in [0, 0.1) is 0 Å². The lowest BCUT2D eigenvalue weighted by atomic mass is 10.1. The Kier molecular flexibility index (Phi) is 3.76. The van der Waals surface area contributed by atoms with E-state index in [1.807, 2.05) is 36.4 Å². The highest BCUT2D eigenvalue weighted by Crippen LogP contribution is 2.41. The van der Waals surface area contributed by atoms with Gasteiger partial charge in [-0.3, -0.25) is 4.79 Å². The van der Waals surface area contributed by atoms with Crippen molar-refractivity contribution < 1.29 is 4.79 Å². The van der Waals surface area contributed by atoms with Crippen LogP contribution in [0.4, 0.5) is 5.69 Å². The lowest BCUT2D eigenvalue weighted by Gasteiger charge is -2.25. The summed E-state index contributed by atoms with van der Waals surface area (Å²) in [6, 6.07) is 20.0. The summed E-state index contributed by atoms with van der Waals surface area (Å²) in [5.41, 5.74) is 2.05. The zero-order chi connectivity index (χ0) is 15.8. The number of carbonyl (C=O) groups excluding carboxylic acids is 1. The number of benzene rings is 3. The second-order valence-electron chi connectivity index (χ2n) is 5.59. The fourth-order valence-electron chi connectivity index (χ4n) is 2.86. The molecule has 23 heavy (non-hydrogen) atoms. The summed E-state index contributed by atoms with van der Waals surface area (Å²) in [5.74, 6) is 0.0637. The highest BCUT2D eigenvalue weighted by molar-refractivity contribution is 8.01. The molecule has 4 rings (SSSR count). The maximum atomic E-state index is 12.5. The summed E-state index contributed by atoms with van der Waals surface area (Å²) < 4.78 is 0. The zero-order valence-electron chi connectivity index (χ0n) is 12.3. The number of carbonyl (C=O) groups is 1. The van der Waals surface area contributed by atoms with E-state index in [0.717, 1.165) is 26.9 Å². The number of thioether (sulfide) groups is 1. The summed E-state index contributed by atoms with van der Waals surface area (Å²) in [5, 5.41) is 5.93. The van der Waals surface area contributed by atoms with Crippen LogP contribution in [0.25, 0.3) is 10.8 Å². The Morgan fingerprint density at radius 1 is 1.00 bits per heavy atom. The topological polar surface area (TPSA) is 29.1 Å². The van der Waals surface area contributed by atoms with E-state index in [9.17, 15) is 4.79 Å². The monoisotopic (exact) mass is 339 g/mol. The van der Waals surface area contributed by atoms with Crippen LogP contribution in [0.2, 0.25) is 5.02 Å². The highest BCUT2D eigenvalue weighted by Gasteiger charge is 2.28. The first kappa shape index (κ1) is 14.6. The van der Waals surface area contributed by atoms with E-state index >= 15 is 0 Å². The molecule has 4 heteroatoms. The quantitative estimate of drug-likeness (QED) is 0.699. The molecule has 0 saturated carbocycles. The molecular weight excluding hydrogens is 326 g/mol. The summed E-state index contributed by atoms with van der Waals surface area (Å²) >= 11 is 7.55. The van der Waals surface area contributed by atoms with E-state index in [-0.39, 0.29) is 11.2 Å². The van der Waals surface area contributed by atoms with Gasteiger partial charge in [-0.05, 0) is 35.6 Å². The maximum absolute atomic E-state index is 12.5. The molecule has 0 saturated heterocycles. The molecule has 114 valence electrons. The van der Waals surface area contributed by atoms with E-state index in [2.05, 4.69) is 29.6 Å². The number of nitrogens with one attached hydrogen (secondary N) is 1. The second kappa shape index (κ2) is 5.91. The van der Waals surface area contributed by atoms with Crippen LogP contribution in [0.3, 0.4) is 0 Å². The van der Waals surface area contributed by atoms with Crippen LogP contribution in [-0.4, -0.2) is 11.2 Å². The van der Waals surface area contributed by atoms with Crippen molar-refractivity contribution in [3.05, 3.63) is 71.2 Å². The molecule has 0 aromatic heterocycles. The third-order valence-corrected chi connectivity index (χ3v) is 5.55. The van der Waals surface area contributed by atoms with Gasteiger partial charge in [-0.2, -0.15) is 0 Å². The number of anilines is 1. The lowest BCUT2D eigenvalue weighted by molar-refractivity contribution is -0.115. The molecule has 1 amide bonds. The minimum atomic E-state index is -0.121. The van der Waals surface area contributed by atoms with Gasteiger partial charge in [0.15, 0.2) is 0 Å². The molecule has 0 fully saturated rings. The summed E-state index contributed by atoms with van der Waals surface area (Å²) in [4.78, 5) is 13.6. The number of rotatable bonds is 2. The summed E-state index contributed by atoms with van der Waals surface area (Å²) in [6.45, 7) is 0. The molecule has 1 unspecified atom stereocenters. The molecule has 0 aliphatic carbocycles. The van der Waals surface area contributed by atoms with Gasteiger partial charge in [0.25, 0.3) is 0 Å². The highest BCUT2D eigenvalue weighted by atomic mass is 35.5. The molecule has 1 atom stereocenters. The fourth-order valence-corrected chi connectivity index (χ4v) is 4.16. The van der Waals surface area contributed by atoms with Gasteiger partial charge in [0, 0.05) is 15.3 Å². The van der Waals surface area contributed by atoms with Gasteiger partial charge in [-0.15, -0.1) is 11.8 Å². The van der Waals surface area contributed by atoms with Gasteiger partial charge in [0.1, 0.15) is 0 Å². The smallest absolute Gasteiger partial charge is 0.238 e. The molecule has 1 N–H and O–H groups in total. The molecule has 1 aliphatic rings. The number of hydrogen-bond donors (Lipinski definition) is 1. The maximum Gasteiger partial charge on any atom is 0.238 e. The molecular formula is C19H14ClNOS. The van der Waals surface area contributed by atoms with Crippen LogP contribution in [0.15, 0.2) is 65.6 Å². The van der Waals surface area contributed by atoms with Gasteiger partial charge < -0.3 is 5.32 Å². The number of fused-ring (bicyclic) bond motifs is 3. The normalized spacial score (nSPS) is 16.9. The van der Waals surface area contributed by atoms with E-state index in [4.69, 9.17) is 11.6 Å². The van der Waals surface area contributed by atoms with Gasteiger partial charge in [0.2, 0.25) is 5.91 Å². The van der Waals surface area contributed by atoms with Crippen molar-refractivity contribution in [2.45, 2.75) is 16.6 Å². The summed E-state index contributed by atoms with van der Waals surface area (Å²) in [6.07, 6.45) is 0.694. The Labute approximate surface area is 143 Å². The first-order chi connectivity index (χ1) is 11.2. The van der Waals surface area contributed by atoms with E-state index in [1.54, 1.807) is 11.8 Å². The van der Waals surface area contributed by atoms with Crippen molar-refractivity contribution in [2.24, 2.45) is 0 Å². The fraction of sp³-hybridized carbons (Fsp3) is 0.105. The average molecular weight is 340 g/mol. The largest absolute Gasteiger partial charge is 0.324 e. The number of hydrogen-bond acceptors (Lipinski definition) is 2. The van der Waals surface area contributed by atoms with Crippen molar-refractivity contribution in [3.63, 3.8) is 0 Å². The number of amides is 1. The van der Waals surface area contributed by atoms with Crippen molar-refractivity contribution in [3.8, 4) is 0 Å². The molecule has 1 heterocycles. The van der Waals surface area contributed by atoms with Crippen molar-refractivity contribution in [2.75, 3.05) is 5.32 Å². The molecule has 0 bridgehead atoms. The third kappa shape index (κ3) is 2.82. The van der Waals surface area contributed by atoms with Crippen molar-refractivity contribution >= 4 is 45.7 Å². The SMILES string of the molecule is O=C1Nc2c(ccc3ccccc23)SC1Cc1ccc(Cl)cc1. The van der Waals surface area contributed by atoms with Gasteiger partial charge in [-0.25, -0.2) is 0 Å².